The Morgan fingerprint density at radius 3 is 1.12 bits per heavy atom. The molecule has 4 aliphatic rings. The predicted molar refractivity (Wildman–Crippen MR) is 336 cm³/mol. The largest absolute Gasteiger partial charge is 0.467 e. The number of rotatable bonds is 26. The molecule has 8 amide bonds. The van der Waals surface area contributed by atoms with Gasteiger partial charge in [0.25, 0.3) is 0 Å². The van der Waals surface area contributed by atoms with E-state index in [9.17, 15) is 47.9 Å². The van der Waals surface area contributed by atoms with Gasteiger partial charge in [0.15, 0.2) is 0 Å². The van der Waals surface area contributed by atoms with Gasteiger partial charge in [-0.15, -0.1) is 0 Å². The van der Waals surface area contributed by atoms with Crippen LogP contribution in [-0.2, 0) is 57.2 Å². The first-order chi connectivity index (χ1) is 41.3. The molecule has 0 aromatic carbocycles. The SMILES string of the molecule is CCNCC.COC(=O)C1(NC(=O)OC(C)(C)C)CCN(C(=O)[C@@H](CCCCNC(=O)OC(C)(C)C)NC(=O)[C@H](C)CC2CC2)CC1.COC(=O)C1(NC(=O)OC(C)(C)C)CCN(C(=O)[C@@H](CCCCNC(=O)OC(C)(C)C)NC(=O)[C@H](N)CC2CC2)CC1. The molecule has 4 fully saturated rings. The van der Waals surface area contributed by atoms with Crippen molar-refractivity contribution < 1.29 is 76.4 Å². The highest BCUT2D eigenvalue weighted by Crippen LogP contribution is 2.36. The van der Waals surface area contributed by atoms with E-state index in [1.165, 1.54) is 14.2 Å². The van der Waals surface area contributed by atoms with Gasteiger partial charge < -0.3 is 81.2 Å². The third kappa shape index (κ3) is 31.9. The lowest BCUT2D eigenvalue weighted by Crippen LogP contribution is -2.63. The number of esters is 2. The first-order valence-corrected chi connectivity index (χ1v) is 32.1. The second-order valence-corrected chi connectivity index (χ2v) is 27.8. The van der Waals surface area contributed by atoms with Crippen LogP contribution in [0.25, 0.3) is 0 Å². The smallest absolute Gasteiger partial charge is 0.408 e. The monoisotopic (exact) mass is 1270 g/mol. The summed E-state index contributed by atoms with van der Waals surface area (Å²) in [5.74, 6) is -1.46. The van der Waals surface area contributed by atoms with E-state index in [0.29, 0.717) is 69.9 Å². The number of ether oxygens (including phenoxy) is 6. The third-order valence-electron chi connectivity index (χ3n) is 14.8. The summed E-state index contributed by atoms with van der Waals surface area (Å²) in [6.45, 7) is 30.8. The van der Waals surface area contributed by atoms with Crippen LogP contribution >= 0.6 is 0 Å². The van der Waals surface area contributed by atoms with E-state index in [1.54, 1.807) is 92.9 Å². The van der Waals surface area contributed by atoms with E-state index in [-0.39, 0.29) is 81.4 Å². The topological polar surface area (TPSA) is 343 Å². The number of methoxy groups -OCH3 is 2. The number of nitrogens with two attached hydrogens (primary N) is 1. The number of hydrogen-bond acceptors (Lipinski definition) is 18. The fourth-order valence-corrected chi connectivity index (χ4v) is 9.90. The minimum Gasteiger partial charge on any atom is -0.467 e. The third-order valence-corrected chi connectivity index (χ3v) is 14.8. The average molecular weight is 1270 g/mol. The number of alkyl carbamates (subject to hydrolysis) is 4. The molecule has 26 heteroatoms. The highest BCUT2D eigenvalue weighted by Gasteiger charge is 2.48. The molecule has 0 aromatic heterocycles. The maximum absolute atomic E-state index is 13.7. The second-order valence-electron chi connectivity index (χ2n) is 27.8. The van der Waals surface area contributed by atoms with Crippen LogP contribution in [0.3, 0.4) is 0 Å². The van der Waals surface area contributed by atoms with Crippen molar-refractivity contribution in [3.8, 4) is 0 Å². The average Bonchev–Trinajstić information content (AvgIpc) is 3.07. The number of piperidine rings is 2. The van der Waals surface area contributed by atoms with Crippen molar-refractivity contribution in [1.29, 1.82) is 0 Å². The Bertz CT molecular complexity index is 2130. The molecule has 26 nitrogen and oxygen atoms in total. The van der Waals surface area contributed by atoms with Crippen LogP contribution in [0, 0.1) is 17.8 Å². The van der Waals surface area contributed by atoms with E-state index in [0.717, 1.165) is 45.2 Å². The number of unbranched alkanes of at least 4 members (excludes halogenated alkanes) is 2. The summed E-state index contributed by atoms with van der Waals surface area (Å²) < 4.78 is 31.2. The summed E-state index contributed by atoms with van der Waals surface area (Å²) in [6.07, 6.45) is 6.82. The van der Waals surface area contributed by atoms with Gasteiger partial charge in [0.1, 0.15) is 45.6 Å². The standard InChI is InChI=1S/C30H52N4O8.C29H51N5O8.C4H11N/c1-20(19-21-12-13-21)23(35)32-22(11-9-10-16-31-26(38)41-28(2,3)4)24(36)34-17-14-30(15-18-34,25(37)40-8)33-27(39)42-29(5,6)7;1-27(2,3)41-25(38)31-15-9-8-10-21(32-22(35)20(30)18-19-11-12-19)23(36)34-16-13-29(14-17-34,24(37)40-7)33-26(39)42-28(4,5)6;1-3-5-4-2/h20-22H,9-19H2,1-8H3,(H,31,38)(H,32,35)(H,33,39);19-21H,8-18,30H2,1-7H3,(H,31,38)(H,32,35)(H,33,39);5H,3-4H2,1-2H3/t20-,22-;20-,21-;/m11./s1. The Labute approximate surface area is 529 Å². The normalized spacial score (nSPS) is 17.7. The van der Waals surface area contributed by atoms with Gasteiger partial charge in [-0.1, -0.05) is 46.5 Å². The van der Waals surface area contributed by atoms with Gasteiger partial charge in [0.2, 0.25) is 23.6 Å². The molecule has 2 aliphatic carbocycles. The van der Waals surface area contributed by atoms with E-state index >= 15 is 0 Å². The van der Waals surface area contributed by atoms with Crippen molar-refractivity contribution in [2.45, 2.75) is 258 Å². The van der Waals surface area contributed by atoms with Crippen molar-refractivity contribution in [3.63, 3.8) is 0 Å². The van der Waals surface area contributed by atoms with E-state index in [1.807, 2.05) is 6.92 Å². The minimum atomic E-state index is -1.34. The summed E-state index contributed by atoms with van der Waals surface area (Å²) in [4.78, 5) is 131. The number of hydrogen-bond donors (Lipinski definition) is 8. The molecule has 0 radical (unpaired) electrons. The van der Waals surface area contributed by atoms with Crippen molar-refractivity contribution in [2.24, 2.45) is 23.5 Å². The molecule has 0 aromatic rings. The molecule has 2 saturated heterocycles. The maximum Gasteiger partial charge on any atom is 0.408 e. The zero-order chi connectivity index (χ0) is 67.6. The number of carbonyl (C=O) groups is 10. The Hall–Kier alpha value is -6.18. The zero-order valence-electron chi connectivity index (χ0n) is 56.9. The maximum atomic E-state index is 13.7. The molecule has 512 valence electrons. The minimum absolute atomic E-state index is 0.117. The molecule has 2 aliphatic heterocycles. The fraction of sp³-hybridized carbons (Fsp3) is 0.841. The Morgan fingerprint density at radius 1 is 0.494 bits per heavy atom. The van der Waals surface area contributed by atoms with Crippen LogP contribution in [0.1, 0.15) is 207 Å². The summed E-state index contributed by atoms with van der Waals surface area (Å²) in [5, 5.41) is 19.7. The van der Waals surface area contributed by atoms with Crippen LogP contribution < -0.4 is 43.0 Å². The van der Waals surface area contributed by atoms with Gasteiger partial charge in [-0.25, -0.2) is 28.8 Å². The van der Waals surface area contributed by atoms with Gasteiger partial charge in [0.05, 0.1) is 20.3 Å². The zero-order valence-corrected chi connectivity index (χ0v) is 56.9. The first kappa shape index (κ1) is 78.9. The summed E-state index contributed by atoms with van der Waals surface area (Å²) in [6, 6.07) is -2.27. The Balaban J connectivity index is 0.000000563. The van der Waals surface area contributed by atoms with E-state index in [4.69, 9.17) is 34.2 Å². The molecule has 0 unspecified atom stereocenters. The number of amides is 8. The Morgan fingerprint density at radius 2 is 0.820 bits per heavy atom. The molecular weight excluding hydrogens is 1150 g/mol. The van der Waals surface area contributed by atoms with Gasteiger partial charge in [0, 0.05) is 45.2 Å². The van der Waals surface area contributed by atoms with Crippen molar-refractivity contribution in [2.75, 3.05) is 66.6 Å². The van der Waals surface area contributed by atoms with Crippen molar-refractivity contribution in [3.05, 3.63) is 0 Å². The number of carbonyl (C=O) groups excluding carboxylic acids is 10. The lowest BCUT2D eigenvalue weighted by Gasteiger charge is -2.41. The van der Waals surface area contributed by atoms with Crippen molar-refractivity contribution in [1.82, 2.24) is 47.0 Å². The molecule has 4 atom stereocenters. The van der Waals surface area contributed by atoms with Crippen LogP contribution in [0.15, 0.2) is 0 Å². The molecule has 89 heavy (non-hydrogen) atoms. The Kier molecular flexibility index (Phi) is 32.5. The molecule has 0 spiro atoms. The van der Waals surface area contributed by atoms with Crippen LogP contribution in [0.2, 0.25) is 0 Å². The van der Waals surface area contributed by atoms with Gasteiger partial charge >= 0.3 is 36.3 Å². The summed E-state index contributed by atoms with van der Waals surface area (Å²) in [5.41, 5.74) is 0.755. The van der Waals surface area contributed by atoms with Crippen LogP contribution in [0.4, 0.5) is 19.2 Å². The van der Waals surface area contributed by atoms with Gasteiger partial charge in [-0.2, -0.15) is 0 Å². The van der Waals surface area contributed by atoms with Gasteiger partial charge in [-0.3, -0.25) is 19.2 Å². The van der Waals surface area contributed by atoms with Crippen LogP contribution in [-0.4, -0.2) is 188 Å². The lowest BCUT2D eigenvalue weighted by molar-refractivity contribution is -0.153. The van der Waals surface area contributed by atoms with Crippen LogP contribution in [0.5, 0.6) is 0 Å². The van der Waals surface area contributed by atoms with Crippen molar-refractivity contribution >= 4 is 59.9 Å². The van der Waals surface area contributed by atoms with E-state index < -0.39 is 87.9 Å². The molecule has 9 N–H and O–H groups in total. The molecular formula is C63H114N10O16. The molecule has 2 saturated carbocycles. The lowest BCUT2D eigenvalue weighted by atomic mass is 9.87. The molecule has 4 rings (SSSR count). The summed E-state index contributed by atoms with van der Waals surface area (Å²) >= 11 is 0. The number of nitrogens with zero attached hydrogens (tertiary/aromatic N) is 2. The highest BCUT2D eigenvalue weighted by molar-refractivity contribution is 5.91. The number of likely N-dealkylation sites (tertiary alicyclic amines) is 2. The highest BCUT2D eigenvalue weighted by atomic mass is 16.6. The fourth-order valence-electron chi connectivity index (χ4n) is 9.90. The predicted octanol–water partition coefficient (Wildman–Crippen LogP) is 6.63. The van der Waals surface area contributed by atoms with Gasteiger partial charge in [-0.05, 0) is 185 Å². The second kappa shape index (κ2) is 36.6. The summed E-state index contributed by atoms with van der Waals surface area (Å²) in [7, 11) is 2.50. The molecule has 2 heterocycles. The quantitative estimate of drug-likeness (QED) is 0.0256. The van der Waals surface area contributed by atoms with E-state index in [2.05, 4.69) is 51.1 Å². The number of nitrogens with one attached hydrogen (secondary N) is 7. The molecule has 0 bridgehead atoms. The first-order valence-electron chi connectivity index (χ1n) is 32.1.